The van der Waals surface area contributed by atoms with Crippen LogP contribution in [0.25, 0.3) is 0 Å². The number of rotatable bonds is 6. The fraction of sp³-hybridized carbons (Fsp3) is 0.500. The van der Waals surface area contributed by atoms with Crippen molar-refractivity contribution in [2.24, 2.45) is 5.41 Å². The van der Waals surface area contributed by atoms with Gasteiger partial charge in [-0.2, -0.15) is 4.98 Å². The second-order valence-electron chi connectivity index (χ2n) is 6.76. The molecule has 7 nitrogen and oxygen atoms in total. The zero-order valence-corrected chi connectivity index (χ0v) is 15.9. The Morgan fingerprint density at radius 1 is 1.35 bits per heavy atom. The van der Waals surface area contributed by atoms with Crippen LogP contribution in [0.4, 0.5) is 0 Å². The molecule has 0 radical (unpaired) electrons. The average Bonchev–Trinajstić information content (AvgIpc) is 3.04. The Balaban J connectivity index is 0.00000243. The molecule has 2 aromatic rings. The van der Waals surface area contributed by atoms with Crippen LogP contribution in [-0.2, 0) is 6.61 Å². The highest BCUT2D eigenvalue weighted by atomic mass is 35.5. The first-order valence-electron chi connectivity index (χ1n) is 8.56. The van der Waals surface area contributed by atoms with E-state index in [1.54, 1.807) is 19.1 Å². The molecule has 0 atom stereocenters. The van der Waals surface area contributed by atoms with Crippen molar-refractivity contribution in [3.05, 3.63) is 41.5 Å². The van der Waals surface area contributed by atoms with Gasteiger partial charge < -0.3 is 19.9 Å². The molecular weight excluding hydrogens is 356 g/mol. The monoisotopic (exact) mass is 380 g/mol. The van der Waals surface area contributed by atoms with E-state index in [2.05, 4.69) is 27.7 Å². The smallest absolute Gasteiger partial charge is 0.255 e. The standard InChI is InChI=1S/C18H24N4O3.ClH/c1-13-21-16(22-25-13)11-24-15-6-4-3-5-14(15)17(23)20-12-18(2)7-9-19-10-8-18;/h3-6,19H,7-12H2,1-2H3,(H,20,23);1H. The molecule has 1 aliphatic rings. The number of aryl methyl sites for hydroxylation is 1. The zero-order valence-electron chi connectivity index (χ0n) is 15.1. The molecule has 0 unspecified atom stereocenters. The summed E-state index contributed by atoms with van der Waals surface area (Å²) in [5.41, 5.74) is 0.652. The van der Waals surface area contributed by atoms with Crippen molar-refractivity contribution in [1.82, 2.24) is 20.8 Å². The van der Waals surface area contributed by atoms with E-state index in [1.807, 2.05) is 12.1 Å². The van der Waals surface area contributed by atoms with Gasteiger partial charge in [0.25, 0.3) is 5.91 Å². The minimum Gasteiger partial charge on any atom is -0.485 e. The van der Waals surface area contributed by atoms with Gasteiger partial charge in [-0.25, -0.2) is 0 Å². The van der Waals surface area contributed by atoms with Gasteiger partial charge in [-0.05, 0) is 43.5 Å². The summed E-state index contributed by atoms with van der Waals surface area (Å²) in [7, 11) is 0. The van der Waals surface area contributed by atoms with E-state index < -0.39 is 0 Å². The van der Waals surface area contributed by atoms with Gasteiger partial charge in [-0.1, -0.05) is 24.2 Å². The molecule has 0 aliphatic carbocycles. The van der Waals surface area contributed by atoms with Gasteiger partial charge in [0, 0.05) is 13.5 Å². The lowest BCUT2D eigenvalue weighted by Crippen LogP contribution is -2.42. The first-order chi connectivity index (χ1) is 12.1. The molecule has 0 saturated carbocycles. The Morgan fingerprint density at radius 3 is 2.77 bits per heavy atom. The third-order valence-electron chi connectivity index (χ3n) is 4.54. The third-order valence-corrected chi connectivity index (χ3v) is 4.54. The van der Waals surface area contributed by atoms with E-state index in [-0.39, 0.29) is 30.3 Å². The number of carbonyl (C=O) groups is 1. The van der Waals surface area contributed by atoms with Crippen molar-refractivity contribution >= 4 is 18.3 Å². The van der Waals surface area contributed by atoms with Crippen molar-refractivity contribution < 1.29 is 14.1 Å². The number of piperidine rings is 1. The predicted molar refractivity (Wildman–Crippen MR) is 99.6 cm³/mol. The summed E-state index contributed by atoms with van der Waals surface area (Å²) in [6, 6.07) is 7.19. The van der Waals surface area contributed by atoms with E-state index in [4.69, 9.17) is 9.26 Å². The number of carbonyl (C=O) groups excluding carboxylic acids is 1. The van der Waals surface area contributed by atoms with E-state index in [9.17, 15) is 4.79 Å². The maximum Gasteiger partial charge on any atom is 0.255 e. The Kier molecular flexibility index (Phi) is 6.99. The maximum absolute atomic E-state index is 12.6. The Labute approximate surface area is 159 Å². The molecule has 1 saturated heterocycles. The van der Waals surface area contributed by atoms with Crippen molar-refractivity contribution in [3.8, 4) is 5.75 Å². The number of nitrogens with zero attached hydrogens (tertiary/aromatic N) is 2. The van der Waals surface area contributed by atoms with Gasteiger partial charge in [0.2, 0.25) is 11.7 Å². The minimum atomic E-state index is -0.125. The van der Waals surface area contributed by atoms with Gasteiger partial charge in [-0.15, -0.1) is 12.4 Å². The molecule has 1 amide bonds. The van der Waals surface area contributed by atoms with Crippen LogP contribution in [0, 0.1) is 12.3 Å². The SMILES string of the molecule is Cc1nc(COc2ccccc2C(=O)NCC2(C)CCNCC2)no1.Cl. The summed E-state index contributed by atoms with van der Waals surface area (Å²) >= 11 is 0. The largest absolute Gasteiger partial charge is 0.485 e. The second kappa shape index (κ2) is 9.00. The van der Waals surface area contributed by atoms with Gasteiger partial charge in [-0.3, -0.25) is 4.79 Å². The van der Waals surface area contributed by atoms with Crippen molar-refractivity contribution in [3.63, 3.8) is 0 Å². The summed E-state index contributed by atoms with van der Waals surface area (Å²) < 4.78 is 10.6. The van der Waals surface area contributed by atoms with E-state index >= 15 is 0 Å². The van der Waals surface area contributed by atoms with Crippen LogP contribution in [0.2, 0.25) is 0 Å². The van der Waals surface area contributed by atoms with E-state index in [0.717, 1.165) is 25.9 Å². The van der Waals surface area contributed by atoms with Crippen molar-refractivity contribution in [2.45, 2.75) is 33.3 Å². The molecule has 0 spiro atoms. The lowest BCUT2D eigenvalue weighted by molar-refractivity contribution is 0.0917. The summed E-state index contributed by atoms with van der Waals surface area (Å²) in [6.45, 7) is 6.75. The maximum atomic E-state index is 12.6. The number of para-hydroxylation sites is 1. The summed E-state index contributed by atoms with van der Waals surface area (Å²) in [6.07, 6.45) is 2.12. The van der Waals surface area contributed by atoms with Crippen molar-refractivity contribution in [1.29, 1.82) is 0 Å². The van der Waals surface area contributed by atoms with E-state index in [1.165, 1.54) is 0 Å². The number of ether oxygens (including phenoxy) is 1. The molecule has 2 heterocycles. The van der Waals surface area contributed by atoms with Gasteiger partial charge in [0.05, 0.1) is 5.56 Å². The van der Waals surface area contributed by atoms with Gasteiger partial charge >= 0.3 is 0 Å². The predicted octanol–water partition coefficient (Wildman–Crippen LogP) is 2.50. The molecular formula is C18H25ClN4O3. The molecule has 26 heavy (non-hydrogen) atoms. The number of halogens is 1. The number of hydrogen-bond donors (Lipinski definition) is 2. The number of amides is 1. The Morgan fingerprint density at radius 2 is 2.08 bits per heavy atom. The van der Waals surface area contributed by atoms with Crippen LogP contribution in [0.15, 0.2) is 28.8 Å². The normalized spacial score (nSPS) is 15.8. The van der Waals surface area contributed by atoms with Crippen LogP contribution in [0.5, 0.6) is 5.75 Å². The number of hydrogen-bond acceptors (Lipinski definition) is 6. The van der Waals surface area contributed by atoms with Gasteiger partial charge in [0.15, 0.2) is 6.61 Å². The lowest BCUT2D eigenvalue weighted by atomic mass is 9.81. The molecule has 3 rings (SSSR count). The number of aromatic nitrogens is 2. The Hall–Kier alpha value is -2.12. The first kappa shape index (κ1) is 20.2. The van der Waals surface area contributed by atoms with Crippen LogP contribution >= 0.6 is 12.4 Å². The summed E-state index contributed by atoms with van der Waals surface area (Å²) in [5.74, 6) is 1.33. The molecule has 8 heteroatoms. The highest BCUT2D eigenvalue weighted by Crippen LogP contribution is 2.27. The zero-order chi connectivity index (χ0) is 17.7. The first-order valence-corrected chi connectivity index (χ1v) is 8.56. The molecule has 1 aromatic heterocycles. The topological polar surface area (TPSA) is 89.3 Å². The van der Waals surface area contributed by atoms with Crippen LogP contribution in [-0.4, -0.2) is 35.7 Å². The molecule has 0 bridgehead atoms. The molecule has 1 fully saturated rings. The molecule has 1 aromatic carbocycles. The fourth-order valence-electron chi connectivity index (χ4n) is 2.92. The summed E-state index contributed by atoms with van der Waals surface area (Å²) in [4.78, 5) is 16.7. The quantitative estimate of drug-likeness (QED) is 0.800. The molecule has 1 aliphatic heterocycles. The second-order valence-corrected chi connectivity index (χ2v) is 6.76. The summed E-state index contributed by atoms with van der Waals surface area (Å²) in [5, 5.41) is 10.2. The molecule has 142 valence electrons. The molecule has 2 N–H and O–H groups in total. The van der Waals surface area contributed by atoms with Crippen LogP contribution in [0.3, 0.4) is 0 Å². The number of nitrogens with one attached hydrogen (secondary N) is 2. The van der Waals surface area contributed by atoms with Crippen molar-refractivity contribution in [2.75, 3.05) is 19.6 Å². The fourth-order valence-corrected chi connectivity index (χ4v) is 2.92. The Bertz CT molecular complexity index is 729. The third kappa shape index (κ3) is 5.19. The van der Waals surface area contributed by atoms with E-state index in [0.29, 0.717) is 29.6 Å². The minimum absolute atomic E-state index is 0. The van der Waals surface area contributed by atoms with Crippen LogP contribution < -0.4 is 15.4 Å². The highest BCUT2D eigenvalue weighted by molar-refractivity contribution is 5.96. The average molecular weight is 381 g/mol. The van der Waals surface area contributed by atoms with Crippen LogP contribution in [0.1, 0.15) is 41.8 Å². The number of benzene rings is 1. The lowest BCUT2D eigenvalue weighted by Gasteiger charge is -2.34. The van der Waals surface area contributed by atoms with Gasteiger partial charge in [0.1, 0.15) is 5.75 Å². The highest BCUT2D eigenvalue weighted by Gasteiger charge is 2.27.